The third kappa shape index (κ3) is 4.44. The summed E-state index contributed by atoms with van der Waals surface area (Å²) in [5.74, 6) is 0.363. The van der Waals surface area contributed by atoms with E-state index < -0.39 is 6.04 Å². The molecule has 0 aliphatic rings. The molecule has 0 radical (unpaired) electrons. The van der Waals surface area contributed by atoms with Crippen LogP contribution in [0.15, 0.2) is 12.5 Å². The van der Waals surface area contributed by atoms with Gasteiger partial charge in [-0.1, -0.05) is 13.8 Å². The van der Waals surface area contributed by atoms with Gasteiger partial charge in [0.1, 0.15) is 0 Å². The Bertz CT molecular complexity index is 308. The molecule has 90 valence electrons. The molecule has 0 unspecified atom stereocenters. The molecule has 1 amide bonds. The number of carbonyl (C=O) groups excluding carboxylic acids is 1. The monoisotopic (exact) mass is 224 g/mol. The van der Waals surface area contributed by atoms with Crippen LogP contribution in [0.5, 0.6) is 0 Å². The molecule has 0 bridgehead atoms. The van der Waals surface area contributed by atoms with Crippen LogP contribution in [0.25, 0.3) is 0 Å². The van der Waals surface area contributed by atoms with Crippen molar-refractivity contribution in [2.45, 2.75) is 32.7 Å². The molecule has 0 spiro atoms. The molecule has 0 aromatic carbocycles. The van der Waals surface area contributed by atoms with Crippen molar-refractivity contribution in [1.82, 2.24) is 15.3 Å². The Morgan fingerprint density at radius 3 is 2.94 bits per heavy atom. The molecule has 1 atom stereocenters. The summed E-state index contributed by atoms with van der Waals surface area (Å²) in [5, 5.41) is 2.81. The number of aromatic nitrogens is 2. The van der Waals surface area contributed by atoms with Crippen molar-refractivity contribution in [1.29, 1.82) is 0 Å². The first-order chi connectivity index (χ1) is 7.59. The minimum Gasteiger partial charge on any atom is -0.354 e. The Kier molecular flexibility index (Phi) is 4.98. The number of nitrogens with one attached hydrogen (secondary N) is 2. The average Bonchev–Trinajstić information content (AvgIpc) is 2.69. The third-order valence-corrected chi connectivity index (χ3v) is 2.31. The summed E-state index contributed by atoms with van der Waals surface area (Å²) in [6, 6.07) is -0.401. The number of aromatic amines is 1. The number of hydrogen-bond donors (Lipinski definition) is 3. The van der Waals surface area contributed by atoms with Crippen LogP contribution in [0.3, 0.4) is 0 Å². The van der Waals surface area contributed by atoms with Crippen molar-refractivity contribution < 1.29 is 4.79 Å². The van der Waals surface area contributed by atoms with Crippen LogP contribution in [0.4, 0.5) is 0 Å². The summed E-state index contributed by atoms with van der Waals surface area (Å²) in [6.45, 7) is 4.70. The number of imidazole rings is 1. The van der Waals surface area contributed by atoms with Gasteiger partial charge in [0.25, 0.3) is 0 Å². The minimum absolute atomic E-state index is 0.0757. The quantitative estimate of drug-likeness (QED) is 0.655. The lowest BCUT2D eigenvalue weighted by molar-refractivity contribution is -0.122. The van der Waals surface area contributed by atoms with E-state index in [9.17, 15) is 4.79 Å². The normalized spacial score (nSPS) is 12.8. The van der Waals surface area contributed by atoms with Gasteiger partial charge < -0.3 is 16.0 Å². The van der Waals surface area contributed by atoms with Gasteiger partial charge in [-0.25, -0.2) is 4.98 Å². The zero-order chi connectivity index (χ0) is 12.0. The highest BCUT2D eigenvalue weighted by atomic mass is 16.2. The van der Waals surface area contributed by atoms with Gasteiger partial charge in [-0.05, 0) is 12.3 Å². The smallest absolute Gasteiger partial charge is 0.236 e. The maximum Gasteiger partial charge on any atom is 0.236 e. The number of nitrogens with two attached hydrogens (primary N) is 1. The predicted octanol–water partition coefficient (Wildman–Crippen LogP) is 0.442. The lowest BCUT2D eigenvalue weighted by Crippen LogP contribution is -2.42. The summed E-state index contributed by atoms with van der Waals surface area (Å²) in [6.07, 6.45) is 4.85. The molecular formula is C11H20N4O. The van der Waals surface area contributed by atoms with Gasteiger partial charge in [0.15, 0.2) is 0 Å². The molecule has 5 nitrogen and oxygen atoms in total. The minimum atomic E-state index is -0.401. The van der Waals surface area contributed by atoms with Gasteiger partial charge in [0, 0.05) is 24.9 Å². The van der Waals surface area contributed by atoms with E-state index >= 15 is 0 Å². The van der Waals surface area contributed by atoms with Gasteiger partial charge in [-0.3, -0.25) is 4.79 Å². The molecule has 0 aliphatic heterocycles. The molecule has 0 aliphatic carbocycles. The second-order valence-corrected chi connectivity index (χ2v) is 4.35. The van der Waals surface area contributed by atoms with Crippen molar-refractivity contribution in [3.8, 4) is 0 Å². The fourth-order valence-corrected chi connectivity index (χ4v) is 1.49. The summed E-state index contributed by atoms with van der Waals surface area (Å²) >= 11 is 0. The molecule has 1 heterocycles. The summed E-state index contributed by atoms with van der Waals surface area (Å²) in [5.41, 5.74) is 6.76. The van der Waals surface area contributed by atoms with E-state index in [4.69, 9.17) is 5.73 Å². The van der Waals surface area contributed by atoms with Gasteiger partial charge >= 0.3 is 0 Å². The first-order valence-electron chi connectivity index (χ1n) is 5.60. The number of hydrogen-bond acceptors (Lipinski definition) is 3. The van der Waals surface area contributed by atoms with Crippen molar-refractivity contribution in [3.63, 3.8) is 0 Å². The van der Waals surface area contributed by atoms with E-state index in [-0.39, 0.29) is 5.91 Å². The summed E-state index contributed by atoms with van der Waals surface area (Å²) < 4.78 is 0. The molecule has 4 N–H and O–H groups in total. The predicted molar refractivity (Wildman–Crippen MR) is 62.7 cm³/mol. The molecule has 0 saturated heterocycles. The first kappa shape index (κ1) is 12.7. The molecule has 16 heavy (non-hydrogen) atoms. The van der Waals surface area contributed by atoms with Crippen LogP contribution in [0, 0.1) is 5.92 Å². The van der Waals surface area contributed by atoms with Crippen molar-refractivity contribution in [2.24, 2.45) is 11.7 Å². The number of H-pyrrole nitrogens is 1. The van der Waals surface area contributed by atoms with E-state index in [0.717, 1.165) is 18.5 Å². The fourth-order valence-electron chi connectivity index (χ4n) is 1.49. The van der Waals surface area contributed by atoms with Crippen molar-refractivity contribution in [3.05, 3.63) is 18.2 Å². The molecule has 0 saturated carbocycles. The maximum absolute atomic E-state index is 11.5. The second kappa shape index (κ2) is 6.27. The molecule has 5 heteroatoms. The molecule has 1 aromatic heterocycles. The SMILES string of the molecule is CC(C)C[C@H](N)C(=O)NCCc1cnc[nH]1. The van der Waals surface area contributed by atoms with Crippen LogP contribution in [-0.2, 0) is 11.2 Å². The Morgan fingerprint density at radius 2 is 2.38 bits per heavy atom. The highest BCUT2D eigenvalue weighted by Crippen LogP contribution is 2.02. The van der Waals surface area contributed by atoms with E-state index in [0.29, 0.717) is 12.5 Å². The van der Waals surface area contributed by atoms with Gasteiger partial charge in [-0.2, -0.15) is 0 Å². The standard InChI is InChI=1S/C11H20N4O/c1-8(2)5-10(12)11(16)14-4-3-9-6-13-7-15-9/h6-8,10H,3-5,12H2,1-2H3,(H,13,15)(H,14,16)/t10-/m0/s1. The number of nitrogens with zero attached hydrogens (tertiary/aromatic N) is 1. The maximum atomic E-state index is 11.5. The molecule has 1 rings (SSSR count). The fraction of sp³-hybridized carbons (Fsp3) is 0.636. The highest BCUT2D eigenvalue weighted by Gasteiger charge is 2.13. The van der Waals surface area contributed by atoms with Crippen molar-refractivity contribution in [2.75, 3.05) is 6.54 Å². The Hall–Kier alpha value is -1.36. The van der Waals surface area contributed by atoms with Crippen molar-refractivity contribution >= 4 is 5.91 Å². The molecular weight excluding hydrogens is 204 g/mol. The van der Waals surface area contributed by atoms with Crippen LogP contribution in [0.2, 0.25) is 0 Å². The lowest BCUT2D eigenvalue weighted by Gasteiger charge is -2.13. The van der Waals surface area contributed by atoms with E-state index in [1.165, 1.54) is 0 Å². The van der Waals surface area contributed by atoms with E-state index in [1.807, 2.05) is 0 Å². The van der Waals surface area contributed by atoms with Crippen LogP contribution in [0.1, 0.15) is 26.0 Å². The summed E-state index contributed by atoms with van der Waals surface area (Å²) in [4.78, 5) is 18.4. The Morgan fingerprint density at radius 1 is 1.62 bits per heavy atom. The first-order valence-corrected chi connectivity index (χ1v) is 5.60. The Labute approximate surface area is 95.8 Å². The lowest BCUT2D eigenvalue weighted by atomic mass is 10.0. The number of amides is 1. The molecule has 1 aromatic rings. The topological polar surface area (TPSA) is 83.8 Å². The zero-order valence-electron chi connectivity index (χ0n) is 9.86. The van der Waals surface area contributed by atoms with Gasteiger partial charge in [-0.15, -0.1) is 0 Å². The third-order valence-electron chi connectivity index (χ3n) is 2.31. The second-order valence-electron chi connectivity index (χ2n) is 4.35. The molecule has 0 fully saturated rings. The Balaban J connectivity index is 2.19. The zero-order valence-corrected chi connectivity index (χ0v) is 9.86. The number of carbonyl (C=O) groups is 1. The van der Waals surface area contributed by atoms with Crippen LogP contribution < -0.4 is 11.1 Å². The van der Waals surface area contributed by atoms with Crippen LogP contribution >= 0.6 is 0 Å². The number of rotatable bonds is 6. The van der Waals surface area contributed by atoms with E-state index in [1.54, 1.807) is 12.5 Å². The van der Waals surface area contributed by atoms with E-state index in [2.05, 4.69) is 29.1 Å². The highest BCUT2D eigenvalue weighted by molar-refractivity contribution is 5.81. The van der Waals surface area contributed by atoms with Crippen LogP contribution in [-0.4, -0.2) is 28.5 Å². The van der Waals surface area contributed by atoms with Gasteiger partial charge in [0.2, 0.25) is 5.91 Å². The average molecular weight is 224 g/mol. The van der Waals surface area contributed by atoms with Gasteiger partial charge in [0.05, 0.1) is 12.4 Å². The largest absolute Gasteiger partial charge is 0.354 e. The summed E-state index contributed by atoms with van der Waals surface area (Å²) in [7, 11) is 0.